The van der Waals surface area contributed by atoms with Crippen molar-refractivity contribution in [3.8, 4) is 22.7 Å². The van der Waals surface area contributed by atoms with Crippen molar-refractivity contribution in [2.75, 3.05) is 0 Å². The van der Waals surface area contributed by atoms with E-state index in [1.807, 2.05) is 44.2 Å². The highest BCUT2D eigenvalue weighted by molar-refractivity contribution is 5.93. The molecule has 0 bridgehead atoms. The Morgan fingerprint density at radius 1 is 0.941 bits per heavy atom. The molecule has 34 heavy (non-hydrogen) atoms. The second kappa shape index (κ2) is 8.36. The number of nitro benzene ring substituents is 1. The third-order valence-electron chi connectivity index (χ3n) is 5.73. The predicted octanol–water partition coefficient (Wildman–Crippen LogP) is 4.69. The summed E-state index contributed by atoms with van der Waals surface area (Å²) >= 11 is 0. The molecule has 0 saturated heterocycles. The number of aromatic nitrogens is 4. The molecule has 0 fully saturated rings. The van der Waals surface area contributed by atoms with Gasteiger partial charge in [0.15, 0.2) is 0 Å². The number of benzene rings is 3. The molecule has 0 spiro atoms. The van der Waals surface area contributed by atoms with Crippen molar-refractivity contribution in [3.63, 3.8) is 0 Å². The molecule has 0 aliphatic rings. The second-order valence-corrected chi connectivity index (χ2v) is 7.93. The van der Waals surface area contributed by atoms with Crippen LogP contribution in [0.2, 0.25) is 0 Å². The lowest BCUT2D eigenvalue weighted by molar-refractivity contribution is -0.384. The molecule has 2 aromatic heterocycles. The summed E-state index contributed by atoms with van der Waals surface area (Å²) in [5.41, 5.74) is 3.60. The van der Waals surface area contributed by atoms with Crippen molar-refractivity contribution in [2.45, 2.75) is 20.4 Å². The van der Waals surface area contributed by atoms with E-state index in [2.05, 4.69) is 15.3 Å². The summed E-state index contributed by atoms with van der Waals surface area (Å²) < 4.78 is 6.97. The summed E-state index contributed by atoms with van der Waals surface area (Å²) in [6, 6.07) is 19.5. The first-order valence-corrected chi connectivity index (χ1v) is 10.6. The van der Waals surface area contributed by atoms with Crippen molar-refractivity contribution >= 4 is 16.5 Å². The van der Waals surface area contributed by atoms with Crippen LogP contribution in [0.1, 0.15) is 17.0 Å². The van der Waals surface area contributed by atoms with Crippen LogP contribution >= 0.6 is 0 Å². The topological polar surface area (TPSA) is 117 Å². The SMILES string of the molecule is Cc1ccc(-c2nn(Cc3nnc(-c4ccccc4[N+](=O)[O-])o3)c(=O)c3ccccc23)cc1C. The summed E-state index contributed by atoms with van der Waals surface area (Å²) in [7, 11) is 0. The number of rotatable bonds is 5. The van der Waals surface area contributed by atoms with Gasteiger partial charge >= 0.3 is 0 Å². The molecule has 0 amide bonds. The minimum atomic E-state index is -0.509. The Morgan fingerprint density at radius 2 is 1.68 bits per heavy atom. The maximum absolute atomic E-state index is 13.2. The highest BCUT2D eigenvalue weighted by Crippen LogP contribution is 2.29. The van der Waals surface area contributed by atoms with Gasteiger partial charge in [-0.1, -0.05) is 42.5 Å². The minimum absolute atomic E-state index is 0.00511. The van der Waals surface area contributed by atoms with Gasteiger partial charge < -0.3 is 4.42 Å². The van der Waals surface area contributed by atoms with Gasteiger partial charge in [-0.2, -0.15) is 5.10 Å². The summed E-state index contributed by atoms with van der Waals surface area (Å²) in [5, 5.41) is 25.2. The van der Waals surface area contributed by atoms with Crippen LogP contribution in [0.3, 0.4) is 0 Å². The molecular formula is C25H19N5O4. The standard InChI is InChI=1S/C25H19N5O4/c1-15-11-12-17(13-16(15)2)23-18-7-3-4-8-19(18)25(31)29(28-23)14-22-26-27-24(34-22)20-9-5-6-10-21(20)30(32)33/h3-13H,14H2,1-2H3. The molecule has 5 rings (SSSR count). The molecule has 0 saturated carbocycles. The normalized spacial score (nSPS) is 11.1. The van der Waals surface area contributed by atoms with Crippen LogP contribution in [-0.4, -0.2) is 24.9 Å². The largest absolute Gasteiger partial charge is 0.418 e. The molecule has 9 heteroatoms. The van der Waals surface area contributed by atoms with Crippen LogP contribution in [0.15, 0.2) is 75.9 Å². The minimum Gasteiger partial charge on any atom is -0.418 e. The smallest absolute Gasteiger partial charge is 0.282 e. The number of aryl methyl sites for hydroxylation is 2. The van der Waals surface area contributed by atoms with Gasteiger partial charge in [-0.15, -0.1) is 10.2 Å². The fourth-order valence-electron chi connectivity index (χ4n) is 3.81. The van der Waals surface area contributed by atoms with E-state index in [1.165, 1.54) is 16.8 Å². The van der Waals surface area contributed by atoms with Gasteiger partial charge in [0.2, 0.25) is 5.89 Å². The number of hydrogen-bond donors (Lipinski definition) is 0. The van der Waals surface area contributed by atoms with E-state index in [4.69, 9.17) is 4.42 Å². The fraction of sp³-hybridized carbons (Fsp3) is 0.120. The van der Waals surface area contributed by atoms with E-state index in [0.717, 1.165) is 22.1 Å². The molecule has 0 radical (unpaired) electrons. The molecule has 3 aromatic carbocycles. The van der Waals surface area contributed by atoms with E-state index in [0.29, 0.717) is 11.1 Å². The Bertz CT molecular complexity index is 1620. The molecule has 0 atom stereocenters. The van der Waals surface area contributed by atoms with Gasteiger partial charge in [-0.25, -0.2) is 4.68 Å². The zero-order valence-corrected chi connectivity index (χ0v) is 18.4. The zero-order chi connectivity index (χ0) is 23.8. The van der Waals surface area contributed by atoms with Gasteiger partial charge in [-0.3, -0.25) is 14.9 Å². The maximum atomic E-state index is 13.2. The van der Waals surface area contributed by atoms with Gasteiger partial charge in [0.05, 0.1) is 16.0 Å². The summed E-state index contributed by atoms with van der Waals surface area (Å²) in [5.74, 6) is 0.120. The number of fused-ring (bicyclic) bond motifs is 1. The molecule has 168 valence electrons. The Labute approximate surface area is 193 Å². The number of hydrogen-bond acceptors (Lipinski definition) is 7. The molecule has 2 heterocycles. The lowest BCUT2D eigenvalue weighted by atomic mass is 10.0. The fourth-order valence-corrected chi connectivity index (χ4v) is 3.81. The quantitative estimate of drug-likeness (QED) is 0.280. The highest BCUT2D eigenvalue weighted by Gasteiger charge is 2.20. The first-order chi connectivity index (χ1) is 16.4. The van der Waals surface area contributed by atoms with Crippen LogP contribution in [0.4, 0.5) is 5.69 Å². The number of nitro groups is 1. The molecule has 0 unspecified atom stereocenters. The van der Waals surface area contributed by atoms with E-state index in [-0.39, 0.29) is 35.1 Å². The highest BCUT2D eigenvalue weighted by atomic mass is 16.6. The van der Waals surface area contributed by atoms with Crippen molar-refractivity contribution in [1.29, 1.82) is 0 Å². The predicted molar refractivity (Wildman–Crippen MR) is 126 cm³/mol. The van der Waals surface area contributed by atoms with Crippen LogP contribution in [0, 0.1) is 24.0 Å². The van der Waals surface area contributed by atoms with Crippen LogP contribution in [-0.2, 0) is 6.54 Å². The van der Waals surface area contributed by atoms with E-state index in [9.17, 15) is 14.9 Å². The van der Waals surface area contributed by atoms with Crippen molar-refractivity contribution in [1.82, 2.24) is 20.0 Å². The summed E-state index contributed by atoms with van der Waals surface area (Å²) in [6.45, 7) is 3.99. The summed E-state index contributed by atoms with van der Waals surface area (Å²) in [4.78, 5) is 24.0. The lowest BCUT2D eigenvalue weighted by Gasteiger charge is -2.11. The molecular weight excluding hydrogens is 434 g/mol. The van der Waals surface area contributed by atoms with E-state index < -0.39 is 4.92 Å². The zero-order valence-electron chi connectivity index (χ0n) is 18.4. The maximum Gasteiger partial charge on any atom is 0.282 e. The molecule has 5 aromatic rings. The molecule has 0 aliphatic carbocycles. The van der Waals surface area contributed by atoms with Crippen LogP contribution < -0.4 is 5.56 Å². The third-order valence-corrected chi connectivity index (χ3v) is 5.73. The Morgan fingerprint density at radius 3 is 2.44 bits per heavy atom. The lowest BCUT2D eigenvalue weighted by Crippen LogP contribution is -2.24. The van der Waals surface area contributed by atoms with Crippen molar-refractivity contribution in [3.05, 3.63) is 104 Å². The third kappa shape index (κ3) is 3.73. The monoisotopic (exact) mass is 453 g/mol. The van der Waals surface area contributed by atoms with Gasteiger partial charge in [0, 0.05) is 17.0 Å². The van der Waals surface area contributed by atoms with Gasteiger partial charge in [0.1, 0.15) is 12.1 Å². The molecule has 0 N–H and O–H groups in total. The van der Waals surface area contributed by atoms with Gasteiger partial charge in [0.25, 0.3) is 17.1 Å². The van der Waals surface area contributed by atoms with E-state index in [1.54, 1.807) is 24.3 Å². The Hall–Kier alpha value is -4.66. The number of nitrogens with zero attached hydrogens (tertiary/aromatic N) is 5. The van der Waals surface area contributed by atoms with Crippen LogP contribution in [0.5, 0.6) is 0 Å². The average Bonchev–Trinajstić information content (AvgIpc) is 3.31. The first kappa shape index (κ1) is 21.2. The first-order valence-electron chi connectivity index (χ1n) is 10.6. The second-order valence-electron chi connectivity index (χ2n) is 7.93. The van der Waals surface area contributed by atoms with Gasteiger partial charge in [-0.05, 0) is 43.2 Å². The van der Waals surface area contributed by atoms with E-state index >= 15 is 0 Å². The van der Waals surface area contributed by atoms with Crippen molar-refractivity contribution < 1.29 is 9.34 Å². The average molecular weight is 453 g/mol. The number of para-hydroxylation sites is 1. The summed E-state index contributed by atoms with van der Waals surface area (Å²) in [6.07, 6.45) is 0. The Kier molecular flexibility index (Phi) is 5.21. The Balaban J connectivity index is 1.60. The molecule has 9 nitrogen and oxygen atoms in total. The van der Waals surface area contributed by atoms with Crippen LogP contribution in [0.25, 0.3) is 33.5 Å². The van der Waals surface area contributed by atoms with Crippen molar-refractivity contribution in [2.24, 2.45) is 0 Å². The molecule has 0 aliphatic heterocycles.